The van der Waals surface area contributed by atoms with Crippen molar-refractivity contribution < 1.29 is 4.79 Å². The number of carbonyl (C=O) groups excluding carboxylic acids is 1. The number of hydrogen-bond donors (Lipinski definition) is 0. The lowest BCUT2D eigenvalue weighted by molar-refractivity contribution is 0.0974. The van der Waals surface area contributed by atoms with Crippen LogP contribution in [0, 0.1) is 6.92 Å². The average Bonchev–Trinajstić information content (AvgIpc) is 2.28. The highest BCUT2D eigenvalue weighted by atomic mass is 16.1. The Balaban J connectivity index is 2.30. The molecule has 0 saturated heterocycles. The molecule has 0 unspecified atom stereocenters. The minimum atomic E-state index is 0.181. The molecule has 0 aliphatic rings. The average molecular weight is 219 g/mol. The van der Waals surface area contributed by atoms with Gasteiger partial charge in [-0.05, 0) is 25.5 Å². The van der Waals surface area contributed by atoms with Gasteiger partial charge in [0.05, 0.1) is 0 Å². The van der Waals surface area contributed by atoms with Crippen LogP contribution in [0.4, 0.5) is 0 Å². The zero-order chi connectivity index (χ0) is 11.8. The van der Waals surface area contributed by atoms with E-state index in [0.717, 1.165) is 18.5 Å². The molecule has 2 nitrogen and oxygen atoms in total. The maximum Gasteiger partial charge on any atom is 0.181 e. The number of unbranched alkanes of at least 4 members (excludes halogenated alkanes) is 4. The first-order valence-electron chi connectivity index (χ1n) is 6.21. The third kappa shape index (κ3) is 4.56. The van der Waals surface area contributed by atoms with Crippen LogP contribution in [-0.4, -0.2) is 10.8 Å². The molecule has 0 radical (unpaired) electrons. The van der Waals surface area contributed by atoms with E-state index in [-0.39, 0.29) is 5.78 Å². The molecular weight excluding hydrogens is 198 g/mol. The molecule has 0 amide bonds. The summed E-state index contributed by atoms with van der Waals surface area (Å²) in [4.78, 5) is 16.0. The molecule has 0 fully saturated rings. The Morgan fingerprint density at radius 2 is 1.94 bits per heavy atom. The van der Waals surface area contributed by atoms with Crippen molar-refractivity contribution in [2.45, 2.75) is 52.4 Å². The van der Waals surface area contributed by atoms with Gasteiger partial charge >= 0.3 is 0 Å². The number of Topliss-reactive ketones (excluding diaryl/α,β-unsaturated/α-hetero) is 1. The molecule has 0 atom stereocenters. The summed E-state index contributed by atoms with van der Waals surface area (Å²) in [5.74, 6) is 0.181. The number of rotatable bonds is 7. The van der Waals surface area contributed by atoms with E-state index in [0.29, 0.717) is 12.1 Å². The quantitative estimate of drug-likeness (QED) is 0.513. The first-order chi connectivity index (χ1) is 7.74. The molecule has 0 saturated carbocycles. The number of hydrogen-bond acceptors (Lipinski definition) is 2. The van der Waals surface area contributed by atoms with Crippen molar-refractivity contribution in [3.8, 4) is 0 Å². The molecule has 0 spiro atoms. The molecule has 88 valence electrons. The van der Waals surface area contributed by atoms with Crippen LogP contribution in [0.25, 0.3) is 0 Å². The van der Waals surface area contributed by atoms with Gasteiger partial charge in [-0.15, -0.1) is 0 Å². The van der Waals surface area contributed by atoms with Crippen molar-refractivity contribution in [1.29, 1.82) is 0 Å². The van der Waals surface area contributed by atoms with Crippen molar-refractivity contribution in [2.24, 2.45) is 0 Å². The minimum absolute atomic E-state index is 0.181. The zero-order valence-electron chi connectivity index (χ0n) is 10.3. The lowest BCUT2D eigenvalue weighted by Gasteiger charge is -2.01. The van der Waals surface area contributed by atoms with Crippen molar-refractivity contribution in [3.05, 3.63) is 29.6 Å². The van der Waals surface area contributed by atoms with E-state index in [1.165, 1.54) is 19.3 Å². The van der Waals surface area contributed by atoms with Gasteiger partial charge in [-0.25, -0.2) is 0 Å². The van der Waals surface area contributed by atoms with Crippen molar-refractivity contribution in [1.82, 2.24) is 4.98 Å². The van der Waals surface area contributed by atoms with E-state index in [2.05, 4.69) is 11.9 Å². The molecule has 0 aromatic carbocycles. The highest BCUT2D eigenvalue weighted by Gasteiger charge is 2.06. The van der Waals surface area contributed by atoms with E-state index in [1.807, 2.05) is 19.1 Å². The Hall–Kier alpha value is -1.18. The van der Waals surface area contributed by atoms with Crippen LogP contribution in [0.15, 0.2) is 18.2 Å². The second-order valence-corrected chi connectivity index (χ2v) is 4.25. The topological polar surface area (TPSA) is 30.0 Å². The number of pyridine rings is 1. The van der Waals surface area contributed by atoms with Crippen LogP contribution in [0.3, 0.4) is 0 Å². The zero-order valence-corrected chi connectivity index (χ0v) is 10.3. The highest BCUT2D eigenvalue weighted by Crippen LogP contribution is 2.09. The van der Waals surface area contributed by atoms with Crippen LogP contribution < -0.4 is 0 Å². The number of aryl methyl sites for hydroxylation is 1. The van der Waals surface area contributed by atoms with Crippen LogP contribution in [-0.2, 0) is 0 Å². The summed E-state index contributed by atoms with van der Waals surface area (Å²) in [6.45, 7) is 4.11. The van der Waals surface area contributed by atoms with Crippen LogP contribution >= 0.6 is 0 Å². The number of aromatic nitrogens is 1. The molecule has 1 rings (SSSR count). The Morgan fingerprint density at radius 3 is 2.62 bits per heavy atom. The lowest BCUT2D eigenvalue weighted by Crippen LogP contribution is -2.02. The molecule has 16 heavy (non-hydrogen) atoms. The third-order valence-corrected chi connectivity index (χ3v) is 2.68. The second kappa shape index (κ2) is 7.15. The van der Waals surface area contributed by atoms with Gasteiger partial charge in [-0.3, -0.25) is 9.78 Å². The van der Waals surface area contributed by atoms with Gasteiger partial charge in [0.2, 0.25) is 0 Å². The van der Waals surface area contributed by atoms with E-state index < -0.39 is 0 Å². The van der Waals surface area contributed by atoms with Crippen molar-refractivity contribution >= 4 is 5.78 Å². The van der Waals surface area contributed by atoms with Crippen molar-refractivity contribution in [2.75, 3.05) is 0 Å². The Labute approximate surface area is 98.1 Å². The van der Waals surface area contributed by atoms with Gasteiger partial charge in [0, 0.05) is 12.1 Å². The molecule has 1 heterocycles. The summed E-state index contributed by atoms with van der Waals surface area (Å²) in [6, 6.07) is 5.62. The SMILES string of the molecule is CCCCCCCC(=O)c1cccc(C)n1. The fourth-order valence-electron chi connectivity index (χ4n) is 1.72. The molecule has 0 bridgehead atoms. The maximum absolute atomic E-state index is 11.8. The standard InChI is InChI=1S/C14H21NO/c1-3-4-5-6-7-11-14(16)13-10-8-9-12(2)15-13/h8-10H,3-7,11H2,1-2H3. The molecule has 1 aromatic heterocycles. The van der Waals surface area contributed by atoms with Gasteiger partial charge < -0.3 is 0 Å². The van der Waals surface area contributed by atoms with Gasteiger partial charge in [0.1, 0.15) is 5.69 Å². The van der Waals surface area contributed by atoms with Crippen LogP contribution in [0.2, 0.25) is 0 Å². The summed E-state index contributed by atoms with van der Waals surface area (Å²) in [6.07, 6.45) is 6.55. The van der Waals surface area contributed by atoms with E-state index in [9.17, 15) is 4.79 Å². The third-order valence-electron chi connectivity index (χ3n) is 2.68. The van der Waals surface area contributed by atoms with Crippen molar-refractivity contribution in [3.63, 3.8) is 0 Å². The number of nitrogens with zero attached hydrogens (tertiary/aromatic N) is 1. The summed E-state index contributed by atoms with van der Waals surface area (Å²) >= 11 is 0. The molecule has 0 N–H and O–H groups in total. The first kappa shape index (κ1) is 12.9. The van der Waals surface area contributed by atoms with Gasteiger partial charge in [0.15, 0.2) is 5.78 Å². The van der Waals surface area contributed by atoms with Gasteiger partial charge in [0.25, 0.3) is 0 Å². The number of carbonyl (C=O) groups is 1. The van der Waals surface area contributed by atoms with Crippen LogP contribution in [0.1, 0.15) is 61.6 Å². The summed E-state index contributed by atoms with van der Waals surface area (Å²) in [5, 5.41) is 0. The molecule has 0 aliphatic heterocycles. The highest BCUT2D eigenvalue weighted by molar-refractivity contribution is 5.94. The fourth-order valence-corrected chi connectivity index (χ4v) is 1.72. The summed E-state index contributed by atoms with van der Waals surface area (Å²) in [5.41, 5.74) is 1.53. The van der Waals surface area contributed by atoms with Gasteiger partial charge in [-0.2, -0.15) is 0 Å². The Kier molecular flexibility index (Phi) is 5.76. The Morgan fingerprint density at radius 1 is 1.19 bits per heavy atom. The smallest absolute Gasteiger partial charge is 0.181 e. The van der Waals surface area contributed by atoms with E-state index in [4.69, 9.17) is 0 Å². The lowest BCUT2D eigenvalue weighted by atomic mass is 10.1. The van der Waals surface area contributed by atoms with E-state index in [1.54, 1.807) is 6.07 Å². The number of ketones is 1. The van der Waals surface area contributed by atoms with Gasteiger partial charge in [-0.1, -0.05) is 38.7 Å². The predicted octanol–water partition coefficient (Wildman–Crippen LogP) is 3.93. The van der Waals surface area contributed by atoms with Crippen LogP contribution in [0.5, 0.6) is 0 Å². The minimum Gasteiger partial charge on any atom is -0.292 e. The maximum atomic E-state index is 11.8. The summed E-state index contributed by atoms with van der Waals surface area (Å²) < 4.78 is 0. The van der Waals surface area contributed by atoms with E-state index >= 15 is 0 Å². The second-order valence-electron chi connectivity index (χ2n) is 4.25. The predicted molar refractivity (Wildman–Crippen MR) is 66.7 cm³/mol. The molecular formula is C14H21NO. The largest absolute Gasteiger partial charge is 0.292 e. The molecule has 1 aromatic rings. The monoisotopic (exact) mass is 219 g/mol. The fraction of sp³-hybridized carbons (Fsp3) is 0.571. The summed E-state index contributed by atoms with van der Waals surface area (Å²) in [7, 11) is 0. The first-order valence-corrected chi connectivity index (χ1v) is 6.21. The normalized spacial score (nSPS) is 10.4. The molecule has 2 heteroatoms. The molecule has 0 aliphatic carbocycles. The Bertz CT molecular complexity index is 333.